The topological polar surface area (TPSA) is 52.9 Å². The van der Waals surface area contributed by atoms with Gasteiger partial charge < -0.3 is 5.11 Å². The second-order valence-corrected chi connectivity index (χ2v) is 2.12. The van der Waals surface area contributed by atoms with Crippen molar-refractivity contribution in [3.8, 4) is 5.75 Å². The largest absolute Gasteiger partial charge is 0.508 e. The fourth-order valence-electron chi connectivity index (χ4n) is 0.716. The van der Waals surface area contributed by atoms with Crippen LogP contribution < -0.4 is 5.01 Å². The number of hydrogen-bond donors (Lipinski definition) is 1. The van der Waals surface area contributed by atoms with Gasteiger partial charge in [0.2, 0.25) is 0 Å². The molecule has 1 rings (SSSR count). The number of phenolic OH excluding ortho intramolecular Hbond substituents is 1. The van der Waals surface area contributed by atoms with Gasteiger partial charge >= 0.3 is 0 Å². The first-order chi connectivity index (χ1) is 5.24. The number of nitrogens with zero attached hydrogens (tertiary/aromatic N) is 2. The summed E-state index contributed by atoms with van der Waals surface area (Å²) >= 11 is 0. The molecule has 11 heavy (non-hydrogen) atoms. The molecule has 0 bridgehead atoms. The van der Waals surface area contributed by atoms with Gasteiger partial charge in [0.1, 0.15) is 5.75 Å². The Kier molecular flexibility index (Phi) is 2.06. The fraction of sp³-hybridized carbons (Fsp3) is 0.143. The monoisotopic (exact) mass is 152 g/mol. The smallest absolute Gasteiger partial charge is 0.115 e. The van der Waals surface area contributed by atoms with Crippen molar-refractivity contribution in [3.05, 3.63) is 29.2 Å². The van der Waals surface area contributed by atoms with E-state index in [-0.39, 0.29) is 5.75 Å². The average molecular weight is 152 g/mol. The van der Waals surface area contributed by atoms with Crippen LogP contribution in [-0.4, -0.2) is 12.2 Å². The van der Waals surface area contributed by atoms with Gasteiger partial charge in [0.15, 0.2) is 0 Å². The van der Waals surface area contributed by atoms with Gasteiger partial charge in [0.25, 0.3) is 0 Å². The van der Waals surface area contributed by atoms with E-state index in [9.17, 15) is 4.91 Å². The van der Waals surface area contributed by atoms with Crippen LogP contribution in [0.1, 0.15) is 0 Å². The molecule has 0 heterocycles. The number of anilines is 1. The number of hydrogen-bond acceptors (Lipinski definition) is 3. The minimum absolute atomic E-state index is 0.174. The molecule has 0 unspecified atom stereocenters. The molecule has 0 saturated carbocycles. The van der Waals surface area contributed by atoms with Crippen molar-refractivity contribution in [1.82, 2.24) is 0 Å². The van der Waals surface area contributed by atoms with E-state index in [2.05, 4.69) is 5.29 Å². The maximum absolute atomic E-state index is 10.0. The predicted octanol–water partition coefficient (Wildman–Crippen LogP) is 1.51. The van der Waals surface area contributed by atoms with Crippen molar-refractivity contribution in [3.63, 3.8) is 0 Å². The zero-order chi connectivity index (χ0) is 8.27. The van der Waals surface area contributed by atoms with Gasteiger partial charge in [-0.25, -0.2) is 5.01 Å². The fourth-order valence-corrected chi connectivity index (χ4v) is 0.716. The third kappa shape index (κ3) is 1.67. The molecule has 0 radical (unpaired) electrons. The molecular weight excluding hydrogens is 144 g/mol. The Labute approximate surface area is 64.0 Å². The molecule has 0 saturated heterocycles. The molecule has 0 aliphatic heterocycles. The molecular formula is C7H8N2O2. The standard InChI is InChI=1S/C7H8N2O2/c1-9(8-11)6-2-4-7(10)5-3-6/h2-5,10H,1H3. The van der Waals surface area contributed by atoms with E-state index >= 15 is 0 Å². The van der Waals surface area contributed by atoms with Gasteiger partial charge in [-0.05, 0) is 24.3 Å². The van der Waals surface area contributed by atoms with E-state index in [0.717, 1.165) is 0 Å². The van der Waals surface area contributed by atoms with Crippen LogP contribution >= 0.6 is 0 Å². The van der Waals surface area contributed by atoms with Gasteiger partial charge in [-0.1, -0.05) is 0 Å². The summed E-state index contributed by atoms with van der Waals surface area (Å²) in [6.07, 6.45) is 0. The summed E-state index contributed by atoms with van der Waals surface area (Å²) in [5.74, 6) is 0.174. The van der Waals surface area contributed by atoms with Crippen LogP contribution in [0.3, 0.4) is 0 Å². The summed E-state index contributed by atoms with van der Waals surface area (Å²) in [5, 5.41) is 12.8. The van der Waals surface area contributed by atoms with Crippen molar-refractivity contribution in [1.29, 1.82) is 0 Å². The molecule has 0 aromatic heterocycles. The Morgan fingerprint density at radius 1 is 1.36 bits per heavy atom. The first-order valence-electron chi connectivity index (χ1n) is 3.10. The highest BCUT2D eigenvalue weighted by molar-refractivity contribution is 5.46. The van der Waals surface area contributed by atoms with E-state index in [4.69, 9.17) is 5.11 Å². The Hall–Kier alpha value is -1.58. The molecule has 0 spiro atoms. The molecule has 4 heteroatoms. The van der Waals surface area contributed by atoms with Crippen LogP contribution in [0, 0.1) is 4.91 Å². The number of benzene rings is 1. The SMILES string of the molecule is CN(N=O)c1ccc(O)cc1. The van der Waals surface area contributed by atoms with Crippen LogP contribution in [0.5, 0.6) is 5.75 Å². The second kappa shape index (κ2) is 3.01. The van der Waals surface area contributed by atoms with Gasteiger partial charge in [0, 0.05) is 7.05 Å². The number of aromatic hydroxyl groups is 1. The maximum atomic E-state index is 10.0. The molecule has 1 N–H and O–H groups in total. The molecule has 4 nitrogen and oxygen atoms in total. The normalized spacial score (nSPS) is 9.18. The van der Waals surface area contributed by atoms with E-state index < -0.39 is 0 Å². The lowest BCUT2D eigenvalue weighted by Gasteiger charge is -2.06. The summed E-state index contributed by atoms with van der Waals surface area (Å²) in [5.41, 5.74) is 0.651. The van der Waals surface area contributed by atoms with Crippen molar-refractivity contribution >= 4 is 5.69 Å². The summed E-state index contributed by atoms with van der Waals surface area (Å²) in [7, 11) is 1.54. The van der Waals surface area contributed by atoms with Crippen molar-refractivity contribution in [2.24, 2.45) is 5.29 Å². The first kappa shape index (κ1) is 7.53. The number of rotatable bonds is 2. The Bertz CT molecular complexity index is 245. The Morgan fingerprint density at radius 2 is 1.91 bits per heavy atom. The molecule has 0 aliphatic rings. The minimum atomic E-state index is 0.174. The first-order valence-corrected chi connectivity index (χ1v) is 3.10. The van der Waals surface area contributed by atoms with Gasteiger partial charge in [-0.15, -0.1) is 4.91 Å². The van der Waals surface area contributed by atoms with Crippen molar-refractivity contribution in [2.75, 3.05) is 12.1 Å². The third-order valence-corrected chi connectivity index (χ3v) is 1.35. The maximum Gasteiger partial charge on any atom is 0.115 e. The summed E-state index contributed by atoms with van der Waals surface area (Å²) in [4.78, 5) is 10.0. The number of phenols is 1. The van der Waals surface area contributed by atoms with Crippen LogP contribution in [0.4, 0.5) is 5.69 Å². The van der Waals surface area contributed by atoms with Crippen molar-refractivity contribution < 1.29 is 5.11 Å². The Morgan fingerprint density at radius 3 is 2.36 bits per heavy atom. The minimum Gasteiger partial charge on any atom is -0.508 e. The highest BCUT2D eigenvalue weighted by Gasteiger charge is 1.97. The molecule has 1 aromatic carbocycles. The molecule has 1 aromatic rings. The third-order valence-electron chi connectivity index (χ3n) is 1.35. The molecule has 58 valence electrons. The van der Waals surface area contributed by atoms with Gasteiger partial charge in [0.05, 0.1) is 11.0 Å². The summed E-state index contributed by atoms with van der Waals surface area (Å²) in [6, 6.07) is 6.21. The van der Waals surface area contributed by atoms with Crippen molar-refractivity contribution in [2.45, 2.75) is 0 Å². The average Bonchev–Trinajstić information content (AvgIpc) is 2.05. The lowest BCUT2D eigenvalue weighted by atomic mass is 10.3. The summed E-state index contributed by atoms with van der Waals surface area (Å²) < 4.78 is 0. The van der Waals surface area contributed by atoms with Gasteiger partial charge in [-0.3, -0.25) is 0 Å². The van der Waals surface area contributed by atoms with Gasteiger partial charge in [-0.2, -0.15) is 0 Å². The van der Waals surface area contributed by atoms with Crippen LogP contribution in [0.25, 0.3) is 0 Å². The highest BCUT2D eigenvalue weighted by atomic mass is 16.3. The summed E-state index contributed by atoms with van der Waals surface area (Å²) in [6.45, 7) is 0. The van der Waals surface area contributed by atoms with E-state index in [1.807, 2.05) is 0 Å². The molecule has 0 fully saturated rings. The zero-order valence-corrected chi connectivity index (χ0v) is 6.06. The van der Waals surface area contributed by atoms with E-state index in [1.54, 1.807) is 19.2 Å². The second-order valence-electron chi connectivity index (χ2n) is 2.12. The molecule has 0 aliphatic carbocycles. The zero-order valence-electron chi connectivity index (χ0n) is 6.06. The predicted molar refractivity (Wildman–Crippen MR) is 42.3 cm³/mol. The van der Waals surface area contributed by atoms with E-state index in [1.165, 1.54) is 17.1 Å². The quantitative estimate of drug-likeness (QED) is 0.516. The number of nitroso groups, excluding NO2 is 1. The highest BCUT2D eigenvalue weighted by Crippen LogP contribution is 2.16. The Balaban J connectivity index is 2.89. The lowest BCUT2D eigenvalue weighted by Crippen LogP contribution is -2.05. The molecule has 0 amide bonds. The lowest BCUT2D eigenvalue weighted by molar-refractivity contribution is 0.475. The molecule has 0 atom stereocenters. The van der Waals surface area contributed by atoms with Crippen LogP contribution in [-0.2, 0) is 0 Å². The van der Waals surface area contributed by atoms with Crippen LogP contribution in [0.15, 0.2) is 29.6 Å². The van der Waals surface area contributed by atoms with E-state index in [0.29, 0.717) is 5.69 Å². The van der Waals surface area contributed by atoms with Crippen LogP contribution in [0.2, 0.25) is 0 Å².